The fourth-order valence-corrected chi connectivity index (χ4v) is 3.20. The third-order valence-corrected chi connectivity index (χ3v) is 4.15. The third kappa shape index (κ3) is 2.81. The molecule has 0 radical (unpaired) electrons. The van der Waals surface area contributed by atoms with Crippen LogP contribution in [0.1, 0.15) is 35.8 Å². The van der Waals surface area contributed by atoms with Crippen LogP contribution in [0.3, 0.4) is 0 Å². The van der Waals surface area contributed by atoms with E-state index in [-0.39, 0.29) is 11.9 Å². The van der Waals surface area contributed by atoms with Crippen LogP contribution in [0.2, 0.25) is 0 Å². The molecule has 0 fully saturated rings. The molecule has 1 aromatic heterocycles. The molecule has 0 spiro atoms. The highest BCUT2D eigenvalue weighted by molar-refractivity contribution is 7.09. The maximum atomic E-state index is 13.4. The van der Waals surface area contributed by atoms with Crippen molar-refractivity contribution in [2.45, 2.75) is 31.9 Å². The maximum absolute atomic E-state index is 13.4. The van der Waals surface area contributed by atoms with Gasteiger partial charge in [-0.3, -0.25) is 0 Å². The number of methoxy groups -OCH3 is 1. The van der Waals surface area contributed by atoms with E-state index in [4.69, 9.17) is 4.74 Å². The van der Waals surface area contributed by atoms with Crippen LogP contribution >= 0.6 is 11.5 Å². The van der Waals surface area contributed by atoms with Gasteiger partial charge in [0.05, 0.1) is 6.04 Å². The van der Waals surface area contributed by atoms with Crippen molar-refractivity contribution in [3.63, 3.8) is 0 Å². The summed E-state index contributed by atoms with van der Waals surface area (Å²) in [5.41, 5.74) is 2.26. The summed E-state index contributed by atoms with van der Waals surface area (Å²) in [5, 5.41) is 4.13. The van der Waals surface area contributed by atoms with Crippen molar-refractivity contribution in [1.29, 1.82) is 0 Å². The lowest BCUT2D eigenvalue weighted by atomic mass is 9.88. The molecular weight excluding hydrogens is 277 g/mol. The van der Waals surface area contributed by atoms with Crippen LogP contribution in [-0.4, -0.2) is 16.5 Å². The van der Waals surface area contributed by atoms with E-state index in [0.29, 0.717) is 12.4 Å². The van der Waals surface area contributed by atoms with E-state index in [1.807, 2.05) is 6.07 Å². The summed E-state index contributed by atoms with van der Waals surface area (Å²) in [5.74, 6) is 0.491. The number of hydrogen-bond donors (Lipinski definition) is 1. The van der Waals surface area contributed by atoms with E-state index in [1.54, 1.807) is 13.2 Å². The van der Waals surface area contributed by atoms with Gasteiger partial charge in [0, 0.05) is 18.6 Å². The molecule has 106 valence electrons. The molecule has 1 unspecified atom stereocenters. The number of benzene rings is 1. The minimum atomic E-state index is -0.185. The summed E-state index contributed by atoms with van der Waals surface area (Å²) >= 11 is 1.32. The Morgan fingerprint density at radius 1 is 1.50 bits per heavy atom. The Morgan fingerprint density at radius 3 is 3.25 bits per heavy atom. The third-order valence-electron chi connectivity index (χ3n) is 3.46. The molecule has 0 aliphatic heterocycles. The zero-order valence-corrected chi connectivity index (χ0v) is 12.0. The van der Waals surface area contributed by atoms with Gasteiger partial charge in [-0.1, -0.05) is 6.07 Å². The van der Waals surface area contributed by atoms with Gasteiger partial charge in [0.1, 0.15) is 12.4 Å². The molecule has 4 nitrogen and oxygen atoms in total. The monoisotopic (exact) mass is 293 g/mol. The van der Waals surface area contributed by atoms with Crippen LogP contribution in [0.4, 0.5) is 9.52 Å². The van der Waals surface area contributed by atoms with Gasteiger partial charge in [0.25, 0.3) is 0 Å². The second-order valence-corrected chi connectivity index (χ2v) is 5.63. The van der Waals surface area contributed by atoms with Gasteiger partial charge in [0.15, 0.2) is 5.82 Å². The predicted octanol–water partition coefficient (Wildman–Crippen LogP) is 3.31. The summed E-state index contributed by atoms with van der Waals surface area (Å²) in [6.07, 6.45) is 3.09. The summed E-state index contributed by atoms with van der Waals surface area (Å²) in [4.78, 5) is 4.37. The van der Waals surface area contributed by atoms with Crippen LogP contribution in [-0.2, 0) is 17.8 Å². The number of anilines is 1. The maximum Gasteiger partial charge on any atom is 0.203 e. The van der Waals surface area contributed by atoms with Crippen molar-refractivity contribution in [2.24, 2.45) is 0 Å². The van der Waals surface area contributed by atoms with Gasteiger partial charge >= 0.3 is 0 Å². The standard InChI is InChI=1S/C14H16FN3OS/c1-19-8-13-17-14(20-18-13)16-12-4-2-3-9-5-6-10(15)7-11(9)12/h5-7,12H,2-4,8H2,1H3,(H,16,17,18). The molecule has 1 aliphatic carbocycles. The first-order valence-corrected chi connectivity index (χ1v) is 7.40. The number of hydrogen-bond acceptors (Lipinski definition) is 5. The van der Waals surface area contributed by atoms with Gasteiger partial charge in [0.2, 0.25) is 5.13 Å². The number of aromatic nitrogens is 2. The van der Waals surface area contributed by atoms with Crippen molar-refractivity contribution in [3.8, 4) is 0 Å². The SMILES string of the molecule is COCc1nsc(NC2CCCc3ccc(F)cc32)n1. The second kappa shape index (κ2) is 5.85. The van der Waals surface area contributed by atoms with Crippen LogP contribution in [0.5, 0.6) is 0 Å². The van der Waals surface area contributed by atoms with E-state index in [9.17, 15) is 4.39 Å². The van der Waals surface area contributed by atoms with Crippen LogP contribution in [0, 0.1) is 5.82 Å². The fourth-order valence-electron chi connectivity index (χ4n) is 2.57. The number of halogens is 1. The van der Waals surface area contributed by atoms with E-state index in [1.165, 1.54) is 23.2 Å². The molecule has 1 N–H and O–H groups in total. The van der Waals surface area contributed by atoms with Gasteiger partial charge in [-0.25, -0.2) is 9.37 Å². The smallest absolute Gasteiger partial charge is 0.203 e. The molecule has 1 atom stereocenters. The molecule has 6 heteroatoms. The summed E-state index contributed by atoms with van der Waals surface area (Å²) < 4.78 is 22.7. The second-order valence-electron chi connectivity index (χ2n) is 4.88. The van der Waals surface area contributed by atoms with Crippen LogP contribution < -0.4 is 5.32 Å². The quantitative estimate of drug-likeness (QED) is 0.939. The minimum absolute atomic E-state index is 0.109. The average molecular weight is 293 g/mol. The number of aryl methyl sites for hydroxylation is 1. The molecule has 1 heterocycles. The van der Waals surface area contributed by atoms with Gasteiger partial charge in [-0.15, -0.1) is 0 Å². The molecule has 2 aromatic rings. The number of nitrogens with one attached hydrogen (secondary N) is 1. The lowest BCUT2D eigenvalue weighted by Crippen LogP contribution is -2.17. The highest BCUT2D eigenvalue weighted by Crippen LogP contribution is 2.33. The minimum Gasteiger partial charge on any atom is -0.377 e. The normalized spacial score (nSPS) is 17.8. The summed E-state index contributed by atoms with van der Waals surface area (Å²) in [6.45, 7) is 0.411. The number of nitrogens with zero attached hydrogens (tertiary/aromatic N) is 2. The molecular formula is C14H16FN3OS. The van der Waals surface area contributed by atoms with Crippen molar-refractivity contribution < 1.29 is 9.13 Å². The summed E-state index contributed by atoms with van der Waals surface area (Å²) in [6, 6.07) is 5.15. The highest BCUT2D eigenvalue weighted by Gasteiger charge is 2.21. The van der Waals surface area contributed by atoms with E-state index >= 15 is 0 Å². The van der Waals surface area contributed by atoms with Crippen molar-refractivity contribution in [2.75, 3.05) is 12.4 Å². The molecule has 0 amide bonds. The van der Waals surface area contributed by atoms with Crippen LogP contribution in [0.15, 0.2) is 18.2 Å². The highest BCUT2D eigenvalue weighted by atomic mass is 32.1. The topological polar surface area (TPSA) is 47.0 Å². The Morgan fingerprint density at radius 2 is 2.40 bits per heavy atom. The van der Waals surface area contributed by atoms with E-state index < -0.39 is 0 Å². The van der Waals surface area contributed by atoms with E-state index in [2.05, 4.69) is 14.7 Å². The fraction of sp³-hybridized carbons (Fsp3) is 0.429. The first kappa shape index (κ1) is 13.5. The van der Waals surface area contributed by atoms with Gasteiger partial charge < -0.3 is 10.1 Å². The van der Waals surface area contributed by atoms with Gasteiger partial charge in [-0.05, 0) is 42.5 Å². The number of rotatable bonds is 4. The average Bonchev–Trinajstić information content (AvgIpc) is 2.87. The largest absolute Gasteiger partial charge is 0.377 e. The molecule has 20 heavy (non-hydrogen) atoms. The number of fused-ring (bicyclic) bond motifs is 1. The summed E-state index contributed by atoms with van der Waals surface area (Å²) in [7, 11) is 1.62. The zero-order chi connectivity index (χ0) is 13.9. The lowest BCUT2D eigenvalue weighted by molar-refractivity contribution is 0.179. The van der Waals surface area contributed by atoms with Crippen molar-refractivity contribution in [3.05, 3.63) is 41.0 Å². The van der Waals surface area contributed by atoms with Crippen molar-refractivity contribution in [1.82, 2.24) is 9.36 Å². The Labute approximate surface area is 121 Å². The molecule has 3 rings (SSSR count). The van der Waals surface area contributed by atoms with Gasteiger partial charge in [-0.2, -0.15) is 4.37 Å². The predicted molar refractivity (Wildman–Crippen MR) is 76.3 cm³/mol. The first-order chi connectivity index (χ1) is 9.76. The number of ether oxygens (including phenoxy) is 1. The lowest BCUT2D eigenvalue weighted by Gasteiger charge is -2.26. The Hall–Kier alpha value is -1.53. The van der Waals surface area contributed by atoms with E-state index in [0.717, 1.165) is 30.0 Å². The molecule has 1 aromatic carbocycles. The zero-order valence-electron chi connectivity index (χ0n) is 11.2. The Bertz CT molecular complexity index is 602. The molecule has 1 aliphatic rings. The van der Waals surface area contributed by atoms with Crippen LogP contribution in [0.25, 0.3) is 0 Å². The molecule has 0 saturated carbocycles. The Balaban J connectivity index is 1.79. The van der Waals surface area contributed by atoms with Crippen molar-refractivity contribution >= 4 is 16.7 Å². The Kier molecular flexibility index (Phi) is 3.93. The molecule has 0 saturated heterocycles. The molecule has 0 bridgehead atoms. The first-order valence-electron chi connectivity index (χ1n) is 6.62.